The van der Waals surface area contributed by atoms with Crippen LogP contribution in [0.5, 0.6) is 0 Å². The van der Waals surface area contributed by atoms with Gasteiger partial charge in [-0.15, -0.1) is 0 Å². The average Bonchev–Trinajstić information content (AvgIpc) is 3.33. The molecular weight excluding hydrogens is 619 g/mol. The summed E-state index contributed by atoms with van der Waals surface area (Å²) in [6.45, 7) is -0.878. The topological polar surface area (TPSA) is 282 Å². The van der Waals surface area contributed by atoms with Crippen molar-refractivity contribution in [2.45, 2.75) is 31.3 Å². The molecule has 1 aliphatic rings. The van der Waals surface area contributed by atoms with E-state index in [1.807, 2.05) is 6.26 Å². The molecule has 7 N–H and O–H groups in total. The van der Waals surface area contributed by atoms with Gasteiger partial charge in [0.25, 0.3) is 5.56 Å². The number of anilines is 1. The lowest BCUT2D eigenvalue weighted by Crippen LogP contribution is -2.26. The number of carbonyl (C=O) groups excluding carboxylic acids is 1. The predicted octanol–water partition coefficient (Wildman–Crippen LogP) is 0.451. The van der Waals surface area contributed by atoms with E-state index in [1.54, 1.807) is 0 Å². The Balaban J connectivity index is 1.68. The molecule has 5 atom stereocenters. The van der Waals surface area contributed by atoms with E-state index in [-0.39, 0.29) is 35.9 Å². The fraction of sp³-hybridized carbons (Fsp3) is 0.571. The van der Waals surface area contributed by atoms with E-state index in [0.717, 1.165) is 0 Å². The second-order valence-corrected chi connectivity index (χ2v) is 14.4. The van der Waals surface area contributed by atoms with Crippen LogP contribution in [-0.4, -0.2) is 80.9 Å². The number of aromatic amines is 1. The van der Waals surface area contributed by atoms with Crippen molar-refractivity contribution in [1.29, 1.82) is 0 Å². The summed E-state index contributed by atoms with van der Waals surface area (Å²) in [5.41, 5.74) is -0.769. The number of amides is 1. The smallest absolute Gasteiger partial charge is 0.390 e. The molecule has 1 fully saturated rings. The highest BCUT2D eigenvalue weighted by atomic mass is 33.1. The lowest BCUT2D eigenvalue weighted by Gasteiger charge is -2.19. The molecule has 1 amide bonds. The molecule has 214 valence electrons. The maximum absolute atomic E-state index is 12.4. The number of aliphatic hydroxyl groups is 1. The van der Waals surface area contributed by atoms with Gasteiger partial charge in [-0.3, -0.25) is 29.0 Å². The quantitative estimate of drug-likeness (QED) is 0.0887. The minimum Gasteiger partial charge on any atom is -0.390 e. The number of nitrogens with one attached hydrogen (secondary N) is 2. The van der Waals surface area contributed by atoms with Gasteiger partial charge in [-0.1, -0.05) is 21.6 Å². The van der Waals surface area contributed by atoms with E-state index >= 15 is 0 Å². The Morgan fingerprint density at radius 2 is 1.97 bits per heavy atom. The van der Waals surface area contributed by atoms with Gasteiger partial charge in [0, 0.05) is 18.6 Å². The zero-order chi connectivity index (χ0) is 28.3. The van der Waals surface area contributed by atoms with Crippen molar-refractivity contribution in [3.63, 3.8) is 0 Å². The third-order valence-electron chi connectivity index (χ3n) is 4.55. The van der Waals surface area contributed by atoms with E-state index in [0.29, 0.717) is 5.75 Å². The summed E-state index contributed by atoms with van der Waals surface area (Å²) >= 11 is 0. The van der Waals surface area contributed by atoms with E-state index in [9.17, 15) is 38.2 Å². The van der Waals surface area contributed by atoms with Gasteiger partial charge < -0.3 is 29.4 Å². The molecule has 1 aliphatic heterocycles. The number of phosphoric ester groups is 1. The number of fused-ring (bicyclic) bond motifs is 1. The van der Waals surface area contributed by atoms with E-state index in [1.165, 1.54) is 32.5 Å². The van der Waals surface area contributed by atoms with Crippen molar-refractivity contribution < 1.29 is 61.1 Å². The average molecular weight is 641 g/mol. The minimum absolute atomic E-state index is 0.00623. The summed E-state index contributed by atoms with van der Waals surface area (Å²) in [5, 5.41) is 12.8. The first kappa shape index (κ1) is 31.4. The Morgan fingerprint density at radius 3 is 2.63 bits per heavy atom. The van der Waals surface area contributed by atoms with Gasteiger partial charge in [0.15, 0.2) is 11.2 Å². The van der Waals surface area contributed by atoms with E-state index in [4.69, 9.17) is 14.5 Å². The third-order valence-corrected chi connectivity index (χ3v) is 10.2. The molecule has 2 aromatic heterocycles. The number of hydrogen-bond donors (Lipinski definition) is 7. The number of imidazole rings is 1. The fourth-order valence-corrected chi connectivity index (χ4v) is 7.33. The number of hydrogen-bond acceptors (Lipinski definition) is 14. The van der Waals surface area contributed by atoms with Gasteiger partial charge in [0.05, 0.1) is 19.0 Å². The monoisotopic (exact) mass is 641 g/mol. The highest BCUT2D eigenvalue weighted by molar-refractivity contribution is 8.76. The molecule has 0 bridgehead atoms. The Labute approximate surface area is 220 Å². The standard InChI is InChI=1S/C14H22N5O14P3S2/c1-37-38-3-2-9(21)16-14-17-12-11(13(22)18-14)15-6-19(12)10-4-7(20)8(31-10)5-30-35(26,27)33-36(28,29)32-34(23,24)25/h6-8,10,20H,2-5H2,1H3,(H,26,27)(H,28,29)(H2,23,24,25)(H2,16,17,18,21,22)/t7-,8-,10-/m1/s1. The van der Waals surface area contributed by atoms with Crippen LogP contribution in [0.2, 0.25) is 0 Å². The molecule has 3 rings (SSSR count). The molecule has 19 nitrogen and oxygen atoms in total. The van der Waals surface area contributed by atoms with Gasteiger partial charge >= 0.3 is 23.5 Å². The molecular formula is C14H22N5O14P3S2. The van der Waals surface area contributed by atoms with Crippen LogP contribution in [0.1, 0.15) is 19.1 Å². The minimum atomic E-state index is -5.71. The van der Waals surface area contributed by atoms with Crippen molar-refractivity contribution in [2.75, 3.05) is 23.9 Å². The summed E-state index contributed by atoms with van der Waals surface area (Å²) in [6, 6.07) is 0. The lowest BCUT2D eigenvalue weighted by molar-refractivity contribution is -0.115. The first-order valence-corrected chi connectivity index (χ1v) is 17.4. The Hall–Kier alpha value is -1.15. The molecule has 3 heterocycles. The zero-order valence-electron chi connectivity index (χ0n) is 19.0. The molecule has 0 aliphatic carbocycles. The Kier molecular flexibility index (Phi) is 10.4. The van der Waals surface area contributed by atoms with Crippen LogP contribution in [0.25, 0.3) is 11.2 Å². The number of aromatic nitrogens is 4. The van der Waals surface area contributed by atoms with Gasteiger partial charge in [-0.05, 0) is 6.26 Å². The molecule has 1 saturated heterocycles. The van der Waals surface area contributed by atoms with E-state index < -0.39 is 54.1 Å². The molecule has 0 spiro atoms. The van der Waals surface area contributed by atoms with Gasteiger partial charge in [-0.25, -0.2) is 18.7 Å². The summed E-state index contributed by atoms with van der Waals surface area (Å²) in [7, 11) is -13.7. The fourth-order valence-electron chi connectivity index (χ4n) is 3.12. The predicted molar refractivity (Wildman–Crippen MR) is 132 cm³/mol. The van der Waals surface area contributed by atoms with Crippen molar-refractivity contribution in [2.24, 2.45) is 0 Å². The first-order valence-electron chi connectivity index (χ1n) is 10.1. The van der Waals surface area contributed by atoms with Crippen LogP contribution < -0.4 is 10.9 Å². The number of aliphatic hydroxyl groups excluding tert-OH is 1. The van der Waals surface area contributed by atoms with Crippen molar-refractivity contribution in [3.8, 4) is 0 Å². The first-order chi connectivity index (χ1) is 17.6. The Morgan fingerprint density at radius 1 is 1.26 bits per heavy atom. The second-order valence-electron chi connectivity index (χ2n) is 7.34. The summed E-state index contributed by atoms with van der Waals surface area (Å²) in [4.78, 5) is 70.9. The third kappa shape index (κ3) is 8.94. The molecule has 2 aromatic rings. The van der Waals surface area contributed by atoms with E-state index in [2.05, 4.69) is 33.4 Å². The normalized spacial score (nSPS) is 23.3. The van der Waals surface area contributed by atoms with Crippen LogP contribution >= 0.6 is 45.1 Å². The molecule has 24 heteroatoms. The van der Waals surface area contributed by atoms with Crippen LogP contribution in [-0.2, 0) is 36.4 Å². The number of H-pyrrole nitrogens is 1. The van der Waals surface area contributed by atoms with Crippen molar-refractivity contribution in [1.82, 2.24) is 19.5 Å². The summed E-state index contributed by atoms with van der Waals surface area (Å²) < 4.78 is 52.6. The molecule has 38 heavy (non-hydrogen) atoms. The Bertz CT molecular complexity index is 1370. The lowest BCUT2D eigenvalue weighted by atomic mass is 10.2. The van der Waals surface area contributed by atoms with Gasteiger partial charge in [0.1, 0.15) is 12.3 Å². The van der Waals surface area contributed by atoms with Crippen molar-refractivity contribution in [3.05, 3.63) is 16.7 Å². The summed E-state index contributed by atoms with van der Waals surface area (Å²) in [6.07, 6.45) is -0.558. The van der Waals surface area contributed by atoms with Crippen LogP contribution in [0, 0.1) is 0 Å². The second kappa shape index (κ2) is 12.6. The zero-order valence-corrected chi connectivity index (χ0v) is 23.4. The van der Waals surface area contributed by atoms with Crippen LogP contribution in [0.3, 0.4) is 0 Å². The molecule has 0 aromatic carbocycles. The molecule has 0 radical (unpaired) electrons. The van der Waals surface area contributed by atoms with Gasteiger partial charge in [-0.2, -0.15) is 13.6 Å². The number of nitrogens with zero attached hydrogens (tertiary/aromatic N) is 3. The maximum atomic E-state index is 12.4. The number of ether oxygens (including phenoxy) is 1. The largest absolute Gasteiger partial charge is 0.490 e. The number of rotatable bonds is 13. The highest BCUT2D eigenvalue weighted by Gasteiger charge is 2.43. The van der Waals surface area contributed by atoms with Crippen LogP contribution in [0.15, 0.2) is 11.1 Å². The highest BCUT2D eigenvalue weighted by Crippen LogP contribution is 2.66. The van der Waals surface area contributed by atoms with Crippen LogP contribution in [0.4, 0.5) is 5.95 Å². The number of carbonyl (C=O) groups is 1. The van der Waals surface area contributed by atoms with Crippen molar-refractivity contribution >= 4 is 68.1 Å². The SMILES string of the molecule is CSSCCC(=O)Nc1nc2c(ncn2[C@H]2C[C@@H](O)[C@@H](COP(=O)(O)OP(=O)(O)OP(=O)(O)O)O2)c(=O)[nH]1. The molecule has 2 unspecified atom stereocenters. The summed E-state index contributed by atoms with van der Waals surface area (Å²) in [5.74, 6) is -0.00201. The molecule has 0 saturated carbocycles. The van der Waals surface area contributed by atoms with Gasteiger partial charge in [0.2, 0.25) is 11.9 Å². The maximum Gasteiger partial charge on any atom is 0.490 e. The number of phosphoric acid groups is 3.